The molecule has 1 N–H and O–H groups in total. The normalized spacial score (nSPS) is 16.2. The number of hydrogen-bond acceptors (Lipinski definition) is 3. The molecule has 0 atom stereocenters. The van der Waals surface area contributed by atoms with Crippen LogP contribution in [0.3, 0.4) is 0 Å². The van der Waals surface area contributed by atoms with E-state index in [1.54, 1.807) is 0 Å². The van der Waals surface area contributed by atoms with Gasteiger partial charge in [0.25, 0.3) is 5.91 Å². The molecule has 2 aromatic rings. The standard InChI is InChI=1S/C16H22N4O/c1-3-13-15(16(21)19-8-4-6-17-7-10-19)20-9-5-12(2)11-14(20)18-13/h5,9,11,17H,3-4,6-8,10H2,1-2H3. The fraction of sp³-hybridized carbons (Fsp3) is 0.500. The molecule has 0 aliphatic carbocycles. The molecule has 5 heteroatoms. The summed E-state index contributed by atoms with van der Waals surface area (Å²) in [6, 6.07) is 4.05. The van der Waals surface area contributed by atoms with Crippen LogP contribution in [-0.2, 0) is 6.42 Å². The summed E-state index contributed by atoms with van der Waals surface area (Å²) >= 11 is 0. The number of carbonyl (C=O) groups is 1. The summed E-state index contributed by atoms with van der Waals surface area (Å²) in [4.78, 5) is 19.5. The molecular weight excluding hydrogens is 264 g/mol. The van der Waals surface area contributed by atoms with Gasteiger partial charge in [0.15, 0.2) is 0 Å². The van der Waals surface area contributed by atoms with Crippen LogP contribution in [0.25, 0.3) is 5.65 Å². The number of fused-ring (bicyclic) bond motifs is 1. The number of rotatable bonds is 2. The van der Waals surface area contributed by atoms with Gasteiger partial charge in [0, 0.05) is 25.8 Å². The van der Waals surface area contributed by atoms with Gasteiger partial charge in [-0.3, -0.25) is 9.20 Å². The molecule has 3 heterocycles. The minimum atomic E-state index is 0.104. The van der Waals surface area contributed by atoms with Crippen molar-refractivity contribution in [2.75, 3.05) is 26.2 Å². The van der Waals surface area contributed by atoms with Crippen LogP contribution in [0.15, 0.2) is 18.3 Å². The first-order valence-corrected chi connectivity index (χ1v) is 7.68. The molecular formula is C16H22N4O. The average Bonchev–Trinajstić information content (AvgIpc) is 2.66. The molecule has 1 aliphatic heterocycles. The molecule has 1 fully saturated rings. The Morgan fingerprint density at radius 3 is 3.05 bits per heavy atom. The Labute approximate surface area is 125 Å². The Morgan fingerprint density at radius 1 is 1.38 bits per heavy atom. The number of nitrogens with zero attached hydrogens (tertiary/aromatic N) is 3. The van der Waals surface area contributed by atoms with Crippen molar-refractivity contribution in [1.29, 1.82) is 0 Å². The zero-order valence-corrected chi connectivity index (χ0v) is 12.7. The van der Waals surface area contributed by atoms with Gasteiger partial charge >= 0.3 is 0 Å². The third kappa shape index (κ3) is 2.65. The first-order valence-electron chi connectivity index (χ1n) is 7.68. The van der Waals surface area contributed by atoms with E-state index in [1.165, 1.54) is 0 Å². The number of pyridine rings is 1. The highest BCUT2D eigenvalue weighted by Crippen LogP contribution is 2.17. The molecule has 1 aliphatic rings. The Kier molecular flexibility index (Phi) is 3.92. The molecule has 1 saturated heterocycles. The van der Waals surface area contributed by atoms with Crippen molar-refractivity contribution < 1.29 is 4.79 Å². The first-order chi connectivity index (χ1) is 10.2. The van der Waals surface area contributed by atoms with Gasteiger partial charge in [-0.2, -0.15) is 0 Å². The van der Waals surface area contributed by atoms with Crippen LogP contribution < -0.4 is 5.32 Å². The molecule has 21 heavy (non-hydrogen) atoms. The lowest BCUT2D eigenvalue weighted by Gasteiger charge is -2.20. The molecule has 2 aromatic heterocycles. The van der Waals surface area contributed by atoms with Gasteiger partial charge in [-0.05, 0) is 44.0 Å². The first kappa shape index (κ1) is 14.1. The van der Waals surface area contributed by atoms with E-state index >= 15 is 0 Å². The van der Waals surface area contributed by atoms with Gasteiger partial charge in [-0.1, -0.05) is 6.92 Å². The summed E-state index contributed by atoms with van der Waals surface area (Å²) in [5.74, 6) is 0.104. The lowest BCUT2D eigenvalue weighted by molar-refractivity contribution is 0.0758. The number of aryl methyl sites for hydroxylation is 2. The van der Waals surface area contributed by atoms with Gasteiger partial charge < -0.3 is 10.2 Å². The number of nitrogens with one attached hydrogen (secondary N) is 1. The highest BCUT2D eigenvalue weighted by Gasteiger charge is 2.24. The second-order valence-electron chi connectivity index (χ2n) is 5.59. The summed E-state index contributed by atoms with van der Waals surface area (Å²) in [6.07, 6.45) is 3.73. The molecule has 1 amide bonds. The Hall–Kier alpha value is -1.88. The molecule has 5 nitrogen and oxygen atoms in total. The summed E-state index contributed by atoms with van der Waals surface area (Å²) in [5.41, 5.74) is 3.65. The van der Waals surface area contributed by atoms with E-state index in [9.17, 15) is 4.79 Å². The monoisotopic (exact) mass is 286 g/mol. The number of aromatic nitrogens is 2. The molecule has 112 valence electrons. The smallest absolute Gasteiger partial charge is 0.272 e. The van der Waals surface area contributed by atoms with Crippen LogP contribution in [0.2, 0.25) is 0 Å². The Morgan fingerprint density at radius 2 is 2.24 bits per heavy atom. The maximum Gasteiger partial charge on any atom is 0.272 e. The van der Waals surface area contributed by atoms with E-state index in [-0.39, 0.29) is 5.91 Å². The van der Waals surface area contributed by atoms with Crippen LogP contribution >= 0.6 is 0 Å². The van der Waals surface area contributed by atoms with Gasteiger partial charge in [-0.25, -0.2) is 4.98 Å². The van der Waals surface area contributed by atoms with E-state index in [0.29, 0.717) is 0 Å². The van der Waals surface area contributed by atoms with Crippen LogP contribution in [0.5, 0.6) is 0 Å². The second-order valence-corrected chi connectivity index (χ2v) is 5.59. The van der Waals surface area contributed by atoms with Crippen molar-refractivity contribution in [2.45, 2.75) is 26.7 Å². The number of amides is 1. The number of imidazole rings is 1. The van der Waals surface area contributed by atoms with Crippen LogP contribution in [-0.4, -0.2) is 46.4 Å². The van der Waals surface area contributed by atoms with Crippen LogP contribution in [0.4, 0.5) is 0 Å². The van der Waals surface area contributed by atoms with E-state index in [2.05, 4.69) is 17.2 Å². The largest absolute Gasteiger partial charge is 0.336 e. The maximum absolute atomic E-state index is 12.9. The van der Waals surface area contributed by atoms with E-state index < -0.39 is 0 Å². The predicted octanol–water partition coefficient (Wildman–Crippen LogP) is 1.64. The number of hydrogen-bond donors (Lipinski definition) is 1. The molecule has 0 unspecified atom stereocenters. The SMILES string of the molecule is CCc1nc2cc(C)ccn2c1C(=O)N1CCCNCC1. The van der Waals surface area contributed by atoms with Crippen molar-refractivity contribution >= 4 is 11.6 Å². The number of carbonyl (C=O) groups excluding carboxylic acids is 1. The zero-order valence-electron chi connectivity index (χ0n) is 12.7. The minimum Gasteiger partial charge on any atom is -0.336 e. The predicted molar refractivity (Wildman–Crippen MR) is 82.7 cm³/mol. The Bertz CT molecular complexity index is 654. The Balaban J connectivity index is 2.03. The lowest BCUT2D eigenvalue weighted by atomic mass is 10.2. The summed E-state index contributed by atoms with van der Waals surface area (Å²) in [5, 5.41) is 3.33. The van der Waals surface area contributed by atoms with Crippen LogP contribution in [0.1, 0.15) is 35.1 Å². The fourth-order valence-corrected chi connectivity index (χ4v) is 2.87. The summed E-state index contributed by atoms with van der Waals surface area (Å²) < 4.78 is 1.94. The topological polar surface area (TPSA) is 49.6 Å². The van der Waals surface area contributed by atoms with Crippen molar-refractivity contribution in [3.63, 3.8) is 0 Å². The van der Waals surface area contributed by atoms with Gasteiger partial charge in [0.05, 0.1) is 5.69 Å². The van der Waals surface area contributed by atoms with Crippen molar-refractivity contribution in [3.05, 3.63) is 35.3 Å². The maximum atomic E-state index is 12.9. The van der Waals surface area contributed by atoms with Gasteiger partial charge in [-0.15, -0.1) is 0 Å². The molecule has 0 aromatic carbocycles. The van der Waals surface area contributed by atoms with Gasteiger partial charge in [0.1, 0.15) is 11.3 Å². The summed E-state index contributed by atoms with van der Waals surface area (Å²) in [6.45, 7) is 7.52. The van der Waals surface area contributed by atoms with Crippen molar-refractivity contribution in [2.24, 2.45) is 0 Å². The molecule has 0 bridgehead atoms. The van der Waals surface area contributed by atoms with E-state index in [0.717, 1.165) is 61.6 Å². The lowest BCUT2D eigenvalue weighted by Crippen LogP contribution is -2.35. The van der Waals surface area contributed by atoms with Crippen molar-refractivity contribution in [3.8, 4) is 0 Å². The average molecular weight is 286 g/mol. The second kappa shape index (κ2) is 5.85. The third-order valence-electron chi connectivity index (χ3n) is 4.02. The molecule has 0 saturated carbocycles. The fourth-order valence-electron chi connectivity index (χ4n) is 2.87. The van der Waals surface area contributed by atoms with Gasteiger partial charge in [0.2, 0.25) is 0 Å². The molecule has 0 radical (unpaired) electrons. The van der Waals surface area contributed by atoms with E-state index in [1.807, 2.05) is 34.6 Å². The molecule has 3 rings (SSSR count). The quantitative estimate of drug-likeness (QED) is 0.913. The van der Waals surface area contributed by atoms with Crippen molar-refractivity contribution in [1.82, 2.24) is 19.6 Å². The van der Waals surface area contributed by atoms with E-state index in [4.69, 9.17) is 0 Å². The third-order valence-corrected chi connectivity index (χ3v) is 4.02. The minimum absolute atomic E-state index is 0.104. The zero-order chi connectivity index (χ0) is 14.8. The highest BCUT2D eigenvalue weighted by molar-refractivity contribution is 5.94. The molecule has 0 spiro atoms. The summed E-state index contributed by atoms with van der Waals surface area (Å²) in [7, 11) is 0. The van der Waals surface area contributed by atoms with Crippen LogP contribution in [0, 0.1) is 6.92 Å². The highest BCUT2D eigenvalue weighted by atomic mass is 16.2.